The average Bonchev–Trinajstić information content (AvgIpc) is 2.40. The number of aryl methyl sites for hydroxylation is 1. The van der Waals surface area contributed by atoms with E-state index in [0.29, 0.717) is 21.8 Å². The van der Waals surface area contributed by atoms with Crippen LogP contribution in [-0.4, -0.2) is 51.4 Å². The van der Waals surface area contributed by atoms with E-state index < -0.39 is 10.0 Å². The van der Waals surface area contributed by atoms with Gasteiger partial charge in [-0.25, -0.2) is 12.7 Å². The maximum Gasteiger partial charge on any atom is 0.243 e. The molecule has 4 nitrogen and oxygen atoms in total. The number of piperidine rings is 1. The minimum atomic E-state index is -3.43. The molecule has 0 radical (unpaired) electrons. The Hall–Kier alpha value is -0.430. The van der Waals surface area contributed by atoms with Gasteiger partial charge in [-0.1, -0.05) is 6.07 Å². The van der Waals surface area contributed by atoms with Crippen molar-refractivity contribution in [1.82, 2.24) is 9.21 Å². The molecular weight excluding hydrogens is 352 g/mol. The van der Waals surface area contributed by atoms with Crippen molar-refractivity contribution in [2.45, 2.75) is 24.7 Å². The summed E-state index contributed by atoms with van der Waals surface area (Å²) in [6, 6.07) is 5.36. The minimum Gasteiger partial charge on any atom is -0.306 e. The van der Waals surface area contributed by atoms with Gasteiger partial charge in [0.15, 0.2) is 0 Å². The van der Waals surface area contributed by atoms with Gasteiger partial charge in [-0.2, -0.15) is 0 Å². The van der Waals surface area contributed by atoms with Gasteiger partial charge < -0.3 is 4.90 Å². The molecule has 0 unspecified atom stereocenters. The summed E-state index contributed by atoms with van der Waals surface area (Å²) in [6.45, 7) is 4.64. The molecule has 118 valence electrons. The van der Waals surface area contributed by atoms with Crippen molar-refractivity contribution in [1.29, 1.82) is 0 Å². The fourth-order valence-corrected chi connectivity index (χ4v) is 5.08. The van der Waals surface area contributed by atoms with Crippen molar-refractivity contribution in [2.75, 3.05) is 33.7 Å². The average molecular weight is 375 g/mol. The largest absolute Gasteiger partial charge is 0.306 e. The van der Waals surface area contributed by atoms with E-state index in [1.807, 2.05) is 19.1 Å². The standard InChI is InChI=1S/C15H23BrN2O2S/c1-12-4-5-15(14(16)10-12)21(19,20)18(3)11-13-6-8-17(2)9-7-13/h4-5,10,13H,6-9,11H2,1-3H3. The van der Waals surface area contributed by atoms with Crippen LogP contribution in [-0.2, 0) is 10.0 Å². The zero-order chi connectivity index (χ0) is 15.6. The third kappa shape index (κ3) is 4.06. The quantitative estimate of drug-likeness (QED) is 0.813. The molecule has 1 fully saturated rings. The summed E-state index contributed by atoms with van der Waals surface area (Å²) in [6.07, 6.45) is 2.12. The summed E-state index contributed by atoms with van der Waals surface area (Å²) < 4.78 is 27.5. The summed E-state index contributed by atoms with van der Waals surface area (Å²) in [5.74, 6) is 0.449. The lowest BCUT2D eigenvalue weighted by molar-refractivity contribution is 0.202. The third-order valence-electron chi connectivity index (χ3n) is 4.13. The van der Waals surface area contributed by atoms with Crippen LogP contribution in [0.15, 0.2) is 27.6 Å². The van der Waals surface area contributed by atoms with Crippen LogP contribution < -0.4 is 0 Å². The first kappa shape index (κ1) is 16.9. The SMILES string of the molecule is Cc1ccc(S(=O)(=O)N(C)CC2CCN(C)CC2)c(Br)c1. The predicted octanol–water partition coefficient (Wildman–Crippen LogP) is 2.72. The number of halogens is 1. The van der Waals surface area contributed by atoms with Crippen molar-refractivity contribution in [2.24, 2.45) is 5.92 Å². The van der Waals surface area contributed by atoms with Crippen molar-refractivity contribution in [3.63, 3.8) is 0 Å². The number of hydrogen-bond acceptors (Lipinski definition) is 3. The van der Waals surface area contributed by atoms with Gasteiger partial charge in [-0.05, 0) is 79.4 Å². The Morgan fingerprint density at radius 3 is 2.52 bits per heavy atom. The molecule has 1 aliphatic rings. The molecule has 1 heterocycles. The molecule has 0 spiro atoms. The van der Waals surface area contributed by atoms with Crippen molar-refractivity contribution in [3.05, 3.63) is 28.2 Å². The summed E-state index contributed by atoms with van der Waals surface area (Å²) in [7, 11) is 0.365. The number of rotatable bonds is 4. The minimum absolute atomic E-state index is 0.350. The zero-order valence-electron chi connectivity index (χ0n) is 12.8. The highest BCUT2D eigenvalue weighted by atomic mass is 79.9. The predicted molar refractivity (Wildman–Crippen MR) is 88.9 cm³/mol. The van der Waals surface area contributed by atoms with Gasteiger partial charge >= 0.3 is 0 Å². The second kappa shape index (κ2) is 6.77. The Morgan fingerprint density at radius 2 is 1.95 bits per heavy atom. The van der Waals surface area contributed by atoms with Crippen LogP contribution in [0, 0.1) is 12.8 Å². The van der Waals surface area contributed by atoms with Gasteiger partial charge in [0.2, 0.25) is 10.0 Å². The van der Waals surface area contributed by atoms with E-state index in [0.717, 1.165) is 31.5 Å². The highest BCUT2D eigenvalue weighted by Gasteiger charge is 2.27. The Labute approximate surface area is 136 Å². The fourth-order valence-electron chi connectivity index (χ4n) is 2.69. The molecular formula is C15H23BrN2O2S. The molecule has 21 heavy (non-hydrogen) atoms. The molecule has 0 N–H and O–H groups in total. The molecule has 0 amide bonds. The van der Waals surface area contributed by atoms with Crippen LogP contribution in [0.25, 0.3) is 0 Å². The van der Waals surface area contributed by atoms with E-state index in [2.05, 4.69) is 27.9 Å². The number of hydrogen-bond donors (Lipinski definition) is 0. The van der Waals surface area contributed by atoms with Crippen LogP contribution in [0.4, 0.5) is 0 Å². The summed E-state index contributed by atoms with van der Waals surface area (Å²) >= 11 is 3.37. The molecule has 0 aromatic heterocycles. The van der Waals surface area contributed by atoms with E-state index in [9.17, 15) is 8.42 Å². The molecule has 0 saturated carbocycles. The first-order valence-electron chi connectivity index (χ1n) is 7.21. The first-order valence-corrected chi connectivity index (χ1v) is 9.45. The van der Waals surface area contributed by atoms with E-state index >= 15 is 0 Å². The lowest BCUT2D eigenvalue weighted by atomic mass is 9.97. The van der Waals surface area contributed by atoms with E-state index in [-0.39, 0.29) is 0 Å². The van der Waals surface area contributed by atoms with Gasteiger partial charge in [-0.15, -0.1) is 0 Å². The third-order valence-corrected chi connectivity index (χ3v) is 6.93. The lowest BCUT2D eigenvalue weighted by Gasteiger charge is -2.31. The van der Waals surface area contributed by atoms with Crippen LogP contribution in [0.3, 0.4) is 0 Å². The summed E-state index contributed by atoms with van der Waals surface area (Å²) in [5.41, 5.74) is 1.04. The van der Waals surface area contributed by atoms with Crippen LogP contribution in [0.2, 0.25) is 0 Å². The highest BCUT2D eigenvalue weighted by Crippen LogP contribution is 2.27. The molecule has 0 aliphatic carbocycles. The second-order valence-corrected chi connectivity index (χ2v) is 8.83. The van der Waals surface area contributed by atoms with Crippen LogP contribution in [0.1, 0.15) is 18.4 Å². The zero-order valence-corrected chi connectivity index (χ0v) is 15.2. The van der Waals surface area contributed by atoms with Crippen molar-refractivity contribution >= 4 is 26.0 Å². The number of nitrogens with zero attached hydrogens (tertiary/aromatic N) is 2. The van der Waals surface area contributed by atoms with Gasteiger partial charge in [0.05, 0.1) is 4.90 Å². The normalized spacial score (nSPS) is 18.3. The van der Waals surface area contributed by atoms with E-state index in [1.54, 1.807) is 13.1 Å². The Kier molecular flexibility index (Phi) is 5.46. The number of benzene rings is 1. The molecule has 6 heteroatoms. The summed E-state index contributed by atoms with van der Waals surface area (Å²) in [5, 5.41) is 0. The molecule has 1 saturated heterocycles. The first-order chi connectivity index (χ1) is 9.80. The highest BCUT2D eigenvalue weighted by molar-refractivity contribution is 9.10. The maximum absolute atomic E-state index is 12.7. The van der Waals surface area contributed by atoms with E-state index in [1.165, 1.54) is 4.31 Å². The lowest BCUT2D eigenvalue weighted by Crippen LogP contribution is -2.38. The smallest absolute Gasteiger partial charge is 0.243 e. The van der Waals surface area contributed by atoms with Crippen molar-refractivity contribution < 1.29 is 8.42 Å². The Morgan fingerprint density at radius 1 is 1.33 bits per heavy atom. The Bertz CT molecular complexity index is 596. The second-order valence-electron chi connectivity index (χ2n) is 5.97. The van der Waals surface area contributed by atoms with Gasteiger partial charge in [0.25, 0.3) is 0 Å². The molecule has 1 aromatic carbocycles. The van der Waals surface area contributed by atoms with Crippen LogP contribution in [0.5, 0.6) is 0 Å². The maximum atomic E-state index is 12.7. The molecule has 0 bridgehead atoms. The monoisotopic (exact) mass is 374 g/mol. The number of likely N-dealkylation sites (tertiary alicyclic amines) is 1. The topological polar surface area (TPSA) is 40.6 Å². The summed E-state index contributed by atoms with van der Waals surface area (Å²) in [4.78, 5) is 2.64. The molecule has 2 rings (SSSR count). The van der Waals surface area contributed by atoms with Gasteiger partial charge in [-0.3, -0.25) is 0 Å². The van der Waals surface area contributed by atoms with Gasteiger partial charge in [0, 0.05) is 18.1 Å². The number of sulfonamides is 1. The fraction of sp³-hybridized carbons (Fsp3) is 0.600. The Balaban J connectivity index is 2.11. The molecule has 0 atom stereocenters. The van der Waals surface area contributed by atoms with Gasteiger partial charge in [0.1, 0.15) is 0 Å². The molecule has 1 aromatic rings. The van der Waals surface area contributed by atoms with Crippen molar-refractivity contribution in [3.8, 4) is 0 Å². The molecule has 1 aliphatic heterocycles. The van der Waals surface area contributed by atoms with Crippen LogP contribution >= 0.6 is 15.9 Å². The van der Waals surface area contributed by atoms with E-state index in [4.69, 9.17) is 0 Å².